The molecule has 0 atom stereocenters. The summed E-state index contributed by atoms with van der Waals surface area (Å²) in [4.78, 5) is 31.7. The van der Waals surface area contributed by atoms with Crippen molar-refractivity contribution in [2.24, 2.45) is 7.05 Å². The van der Waals surface area contributed by atoms with Crippen molar-refractivity contribution in [3.8, 4) is 5.69 Å². The van der Waals surface area contributed by atoms with Crippen molar-refractivity contribution >= 4 is 16.9 Å². The van der Waals surface area contributed by atoms with Gasteiger partial charge < -0.3 is 14.2 Å². The Hall–Kier alpha value is -3.00. The molecule has 0 radical (unpaired) electrons. The Morgan fingerprint density at radius 3 is 2.54 bits per heavy atom. The zero-order chi connectivity index (χ0) is 18.3. The minimum absolute atomic E-state index is 0.195. The van der Waals surface area contributed by atoms with Crippen molar-refractivity contribution in [2.45, 2.75) is 6.92 Å². The highest BCUT2D eigenvalue weighted by Gasteiger charge is 2.27. The van der Waals surface area contributed by atoms with Gasteiger partial charge in [0.15, 0.2) is 11.2 Å². The van der Waals surface area contributed by atoms with E-state index in [1.165, 1.54) is 15.6 Å². The zero-order valence-electron chi connectivity index (χ0n) is 14.7. The summed E-state index contributed by atoms with van der Waals surface area (Å²) in [6.07, 6.45) is 1.42. The molecule has 8 heteroatoms. The van der Waals surface area contributed by atoms with Crippen LogP contribution in [0.25, 0.3) is 16.7 Å². The molecular weight excluding hydrogens is 334 g/mol. The van der Waals surface area contributed by atoms with Crippen molar-refractivity contribution in [1.29, 1.82) is 0 Å². The van der Waals surface area contributed by atoms with Crippen LogP contribution in [0.2, 0.25) is 0 Å². The zero-order valence-corrected chi connectivity index (χ0v) is 14.7. The first-order valence-electron chi connectivity index (χ1n) is 8.44. The summed E-state index contributed by atoms with van der Waals surface area (Å²) in [5, 5.41) is 4.48. The van der Waals surface area contributed by atoms with E-state index in [4.69, 9.17) is 4.74 Å². The topological polar surface area (TPSA) is 82.2 Å². The number of hydrogen-bond donors (Lipinski definition) is 0. The molecule has 8 nitrogen and oxygen atoms in total. The van der Waals surface area contributed by atoms with E-state index in [0.717, 1.165) is 5.56 Å². The predicted molar refractivity (Wildman–Crippen MR) is 95.6 cm³/mol. The van der Waals surface area contributed by atoms with Crippen LogP contribution in [0.5, 0.6) is 0 Å². The third kappa shape index (κ3) is 2.68. The molecule has 1 amide bonds. The van der Waals surface area contributed by atoms with E-state index < -0.39 is 0 Å². The molecular formula is C18H19N5O3. The van der Waals surface area contributed by atoms with E-state index in [1.807, 2.05) is 31.2 Å². The average Bonchev–Trinajstić information content (AvgIpc) is 3.05. The van der Waals surface area contributed by atoms with Gasteiger partial charge in [0, 0.05) is 20.1 Å². The molecule has 134 valence electrons. The number of nitrogens with zero attached hydrogens (tertiary/aromatic N) is 5. The molecule has 1 fully saturated rings. The Morgan fingerprint density at radius 1 is 1.15 bits per heavy atom. The molecule has 4 rings (SSSR count). The van der Waals surface area contributed by atoms with Gasteiger partial charge in [-0.15, -0.1) is 0 Å². The highest BCUT2D eigenvalue weighted by Crippen LogP contribution is 2.20. The van der Waals surface area contributed by atoms with Gasteiger partial charge in [0.2, 0.25) is 0 Å². The van der Waals surface area contributed by atoms with Crippen molar-refractivity contribution in [3.05, 3.63) is 52.2 Å². The lowest BCUT2D eigenvalue weighted by Crippen LogP contribution is -2.41. The van der Waals surface area contributed by atoms with Crippen molar-refractivity contribution in [2.75, 3.05) is 26.3 Å². The maximum atomic E-state index is 13.0. The smallest absolute Gasteiger partial charge is 0.279 e. The minimum atomic E-state index is -0.246. The van der Waals surface area contributed by atoms with E-state index in [0.29, 0.717) is 43.0 Å². The van der Waals surface area contributed by atoms with Crippen LogP contribution in [-0.4, -0.2) is 56.4 Å². The van der Waals surface area contributed by atoms with Crippen molar-refractivity contribution in [1.82, 2.24) is 24.2 Å². The van der Waals surface area contributed by atoms with Gasteiger partial charge in [0.05, 0.1) is 25.2 Å². The lowest BCUT2D eigenvalue weighted by molar-refractivity contribution is 0.0300. The fourth-order valence-corrected chi connectivity index (χ4v) is 3.02. The molecule has 3 heterocycles. The highest BCUT2D eigenvalue weighted by molar-refractivity contribution is 6.03. The monoisotopic (exact) mass is 353 g/mol. The van der Waals surface area contributed by atoms with Gasteiger partial charge >= 0.3 is 0 Å². The van der Waals surface area contributed by atoms with Crippen LogP contribution in [0.15, 0.2) is 35.4 Å². The second kappa shape index (κ2) is 6.38. The number of rotatable bonds is 2. The van der Waals surface area contributed by atoms with Gasteiger partial charge in [-0.1, -0.05) is 17.7 Å². The Labute approximate surface area is 149 Å². The molecule has 0 aliphatic carbocycles. The maximum absolute atomic E-state index is 13.0. The predicted octanol–water partition coefficient (Wildman–Crippen LogP) is 0.900. The number of aromatic nitrogens is 4. The summed E-state index contributed by atoms with van der Waals surface area (Å²) in [6, 6.07) is 7.62. The Kier molecular flexibility index (Phi) is 4.04. The van der Waals surface area contributed by atoms with E-state index in [1.54, 1.807) is 11.9 Å². The average molecular weight is 353 g/mol. The number of carbonyl (C=O) groups is 1. The SMILES string of the molecule is Cc1ccc(-n2nc(C(=O)N3CCOCC3)c3ncn(C)c(=O)c32)cc1. The lowest BCUT2D eigenvalue weighted by atomic mass is 10.2. The summed E-state index contributed by atoms with van der Waals surface area (Å²) < 4.78 is 8.20. The third-order valence-corrected chi connectivity index (χ3v) is 4.52. The van der Waals surface area contributed by atoms with E-state index >= 15 is 0 Å². The molecule has 0 N–H and O–H groups in total. The molecule has 0 saturated carbocycles. The van der Waals surface area contributed by atoms with Crippen LogP contribution >= 0.6 is 0 Å². The number of morpholine rings is 1. The van der Waals surface area contributed by atoms with Crippen LogP contribution in [0.4, 0.5) is 0 Å². The Morgan fingerprint density at radius 2 is 1.85 bits per heavy atom. The van der Waals surface area contributed by atoms with Gasteiger partial charge in [-0.05, 0) is 19.1 Å². The van der Waals surface area contributed by atoms with Gasteiger partial charge in [0.25, 0.3) is 11.5 Å². The lowest BCUT2D eigenvalue weighted by Gasteiger charge is -2.25. The molecule has 1 aliphatic heterocycles. The van der Waals surface area contributed by atoms with E-state index in [2.05, 4.69) is 10.1 Å². The van der Waals surface area contributed by atoms with Gasteiger partial charge in [0.1, 0.15) is 5.52 Å². The molecule has 0 spiro atoms. The van der Waals surface area contributed by atoms with E-state index in [-0.39, 0.29) is 17.2 Å². The molecule has 26 heavy (non-hydrogen) atoms. The molecule has 0 unspecified atom stereocenters. The minimum Gasteiger partial charge on any atom is -0.378 e. The van der Waals surface area contributed by atoms with E-state index in [9.17, 15) is 9.59 Å². The Balaban J connectivity index is 1.92. The number of ether oxygens (including phenoxy) is 1. The normalized spacial score (nSPS) is 14.8. The first kappa shape index (κ1) is 16.5. The maximum Gasteiger partial charge on any atom is 0.279 e. The largest absolute Gasteiger partial charge is 0.378 e. The summed E-state index contributed by atoms with van der Waals surface area (Å²) in [5.41, 5.74) is 2.39. The second-order valence-corrected chi connectivity index (χ2v) is 6.36. The number of benzene rings is 1. The number of carbonyl (C=O) groups excluding carboxylic acids is 1. The van der Waals surface area contributed by atoms with Crippen molar-refractivity contribution < 1.29 is 9.53 Å². The quantitative estimate of drug-likeness (QED) is 0.684. The Bertz CT molecular complexity index is 1030. The number of hydrogen-bond acceptors (Lipinski definition) is 5. The van der Waals surface area contributed by atoms with Crippen LogP contribution < -0.4 is 5.56 Å². The molecule has 1 aliphatic rings. The summed E-state index contributed by atoms with van der Waals surface area (Å²) in [5.74, 6) is -0.232. The first-order valence-corrected chi connectivity index (χ1v) is 8.44. The molecule has 3 aromatic rings. The number of amides is 1. The number of aryl methyl sites for hydroxylation is 2. The van der Waals surface area contributed by atoms with Crippen LogP contribution in [0.1, 0.15) is 16.1 Å². The second-order valence-electron chi connectivity index (χ2n) is 6.36. The fourth-order valence-electron chi connectivity index (χ4n) is 3.02. The molecule has 0 bridgehead atoms. The highest BCUT2D eigenvalue weighted by atomic mass is 16.5. The summed E-state index contributed by atoms with van der Waals surface area (Å²) in [7, 11) is 1.63. The van der Waals surface area contributed by atoms with Gasteiger partial charge in [-0.3, -0.25) is 9.59 Å². The molecule has 1 aromatic carbocycles. The van der Waals surface area contributed by atoms with Gasteiger partial charge in [-0.2, -0.15) is 5.10 Å². The fraction of sp³-hybridized carbons (Fsp3) is 0.333. The molecule has 2 aromatic heterocycles. The summed E-state index contributed by atoms with van der Waals surface area (Å²) in [6.45, 7) is 3.99. The van der Waals surface area contributed by atoms with Crippen LogP contribution in [-0.2, 0) is 11.8 Å². The number of fused-ring (bicyclic) bond motifs is 1. The van der Waals surface area contributed by atoms with Crippen LogP contribution in [0, 0.1) is 6.92 Å². The molecule has 1 saturated heterocycles. The van der Waals surface area contributed by atoms with Crippen LogP contribution in [0.3, 0.4) is 0 Å². The first-order chi connectivity index (χ1) is 12.6. The third-order valence-electron chi connectivity index (χ3n) is 4.52. The van der Waals surface area contributed by atoms with Crippen molar-refractivity contribution in [3.63, 3.8) is 0 Å². The van der Waals surface area contributed by atoms with Gasteiger partial charge in [-0.25, -0.2) is 9.67 Å². The standard InChI is InChI=1S/C18H19N5O3/c1-12-3-5-13(6-4-12)23-16-14(19-11-21(2)18(16)25)15(20-23)17(24)22-7-9-26-10-8-22/h3-6,11H,7-10H2,1-2H3. The summed E-state index contributed by atoms with van der Waals surface area (Å²) >= 11 is 0.